The molecule has 0 aliphatic carbocycles. The van der Waals surface area contributed by atoms with Crippen LogP contribution in [0.3, 0.4) is 0 Å². The molecule has 0 heterocycles. The molecule has 0 spiro atoms. The van der Waals surface area contributed by atoms with Crippen LogP contribution in [0.2, 0.25) is 0 Å². The Hall–Kier alpha value is -2.00. The highest BCUT2D eigenvalue weighted by Crippen LogP contribution is 2.14. The molecule has 0 amide bonds. The van der Waals surface area contributed by atoms with Gasteiger partial charge in [-0.3, -0.25) is 0 Å². The number of nitrogens with zero attached hydrogens (tertiary/aromatic N) is 1. The molecule has 2 aromatic rings. The summed E-state index contributed by atoms with van der Waals surface area (Å²) >= 11 is 0. The Morgan fingerprint density at radius 3 is 2.37 bits per heavy atom. The van der Waals surface area contributed by atoms with Gasteiger partial charge in [0.25, 0.3) is 0 Å². The first kappa shape index (κ1) is 13.4. The smallest absolute Gasteiger partial charge is 0.115 e. The normalized spacial score (nSPS) is 10.7. The van der Waals surface area contributed by atoms with E-state index in [0.717, 1.165) is 17.8 Å². The minimum absolute atomic E-state index is 0.306. The van der Waals surface area contributed by atoms with Gasteiger partial charge in [-0.1, -0.05) is 24.3 Å². The van der Waals surface area contributed by atoms with Gasteiger partial charge in [0.2, 0.25) is 0 Å². The third-order valence-corrected chi connectivity index (χ3v) is 2.86. The van der Waals surface area contributed by atoms with Crippen LogP contribution in [0.5, 0.6) is 5.75 Å². The van der Waals surface area contributed by atoms with Gasteiger partial charge in [0.1, 0.15) is 5.75 Å². The minimum Gasteiger partial charge on any atom is -0.508 e. The van der Waals surface area contributed by atoms with Gasteiger partial charge < -0.3 is 15.3 Å². The van der Waals surface area contributed by atoms with E-state index in [0.29, 0.717) is 12.3 Å². The van der Waals surface area contributed by atoms with Crippen molar-refractivity contribution in [2.24, 2.45) is 0 Å². The molecule has 0 fully saturated rings. The zero-order valence-corrected chi connectivity index (χ0v) is 11.4. The van der Waals surface area contributed by atoms with Crippen molar-refractivity contribution in [1.29, 1.82) is 0 Å². The average molecular weight is 256 g/mol. The van der Waals surface area contributed by atoms with Crippen molar-refractivity contribution < 1.29 is 5.11 Å². The quantitative estimate of drug-likeness (QED) is 0.863. The van der Waals surface area contributed by atoms with Crippen molar-refractivity contribution in [3.8, 4) is 5.75 Å². The molecule has 0 radical (unpaired) electrons. The van der Waals surface area contributed by atoms with Crippen LogP contribution in [0, 0.1) is 0 Å². The molecule has 0 aliphatic rings. The number of hydrogen-bond donors (Lipinski definition) is 2. The van der Waals surface area contributed by atoms with E-state index >= 15 is 0 Å². The Labute approximate surface area is 114 Å². The summed E-state index contributed by atoms with van der Waals surface area (Å²) in [5.41, 5.74) is 3.45. The summed E-state index contributed by atoms with van der Waals surface area (Å²) in [6, 6.07) is 15.7. The van der Waals surface area contributed by atoms with Crippen LogP contribution in [-0.2, 0) is 13.1 Å². The van der Waals surface area contributed by atoms with Gasteiger partial charge in [0.05, 0.1) is 0 Å². The molecule has 0 aromatic heterocycles. The number of nitrogens with one attached hydrogen (secondary N) is 1. The molecule has 3 nitrogen and oxygen atoms in total. The van der Waals surface area contributed by atoms with Gasteiger partial charge in [0.15, 0.2) is 0 Å². The Morgan fingerprint density at radius 1 is 1.00 bits per heavy atom. The molecular formula is C16H20N2O. The molecule has 3 heteroatoms. The highest BCUT2D eigenvalue weighted by atomic mass is 16.3. The van der Waals surface area contributed by atoms with Crippen LogP contribution in [-0.4, -0.2) is 24.1 Å². The van der Waals surface area contributed by atoms with Crippen molar-refractivity contribution in [1.82, 2.24) is 4.90 Å². The third kappa shape index (κ3) is 4.30. The lowest BCUT2D eigenvalue weighted by Crippen LogP contribution is -2.10. The second kappa shape index (κ2) is 6.25. The zero-order valence-electron chi connectivity index (χ0n) is 11.4. The number of phenols is 1. The highest BCUT2D eigenvalue weighted by Gasteiger charge is 1.98. The maximum Gasteiger partial charge on any atom is 0.115 e. The van der Waals surface area contributed by atoms with E-state index in [-0.39, 0.29) is 0 Å². The van der Waals surface area contributed by atoms with E-state index in [9.17, 15) is 5.11 Å². The van der Waals surface area contributed by atoms with Crippen LogP contribution in [0.4, 0.5) is 5.69 Å². The van der Waals surface area contributed by atoms with Gasteiger partial charge in [-0.05, 0) is 49.5 Å². The molecule has 0 saturated carbocycles. The fourth-order valence-electron chi connectivity index (χ4n) is 1.96. The molecule has 19 heavy (non-hydrogen) atoms. The Morgan fingerprint density at radius 2 is 1.74 bits per heavy atom. The second-order valence-electron chi connectivity index (χ2n) is 4.96. The summed E-state index contributed by atoms with van der Waals surface area (Å²) in [4.78, 5) is 2.15. The first-order valence-corrected chi connectivity index (χ1v) is 6.39. The van der Waals surface area contributed by atoms with Crippen molar-refractivity contribution in [2.45, 2.75) is 13.1 Å². The molecule has 0 aliphatic heterocycles. The number of hydrogen-bond acceptors (Lipinski definition) is 3. The van der Waals surface area contributed by atoms with E-state index in [1.54, 1.807) is 12.1 Å². The molecule has 2 rings (SSSR count). The molecule has 0 saturated heterocycles. The van der Waals surface area contributed by atoms with Crippen LogP contribution in [0.15, 0.2) is 48.5 Å². The molecule has 0 atom stereocenters. The van der Waals surface area contributed by atoms with Crippen molar-refractivity contribution in [3.63, 3.8) is 0 Å². The highest BCUT2D eigenvalue weighted by molar-refractivity contribution is 5.45. The fraction of sp³-hybridized carbons (Fsp3) is 0.250. The minimum atomic E-state index is 0.306. The summed E-state index contributed by atoms with van der Waals surface area (Å²) < 4.78 is 0. The zero-order chi connectivity index (χ0) is 13.7. The molecule has 0 bridgehead atoms. The Bertz CT molecular complexity index is 521. The van der Waals surface area contributed by atoms with Crippen molar-refractivity contribution in [3.05, 3.63) is 59.7 Å². The van der Waals surface area contributed by atoms with E-state index in [2.05, 4.69) is 48.6 Å². The van der Waals surface area contributed by atoms with E-state index < -0.39 is 0 Å². The summed E-state index contributed by atoms with van der Waals surface area (Å²) in [5.74, 6) is 0.306. The molecule has 2 aromatic carbocycles. The van der Waals surface area contributed by atoms with Crippen molar-refractivity contribution in [2.75, 3.05) is 19.4 Å². The molecule has 2 N–H and O–H groups in total. The van der Waals surface area contributed by atoms with E-state index in [1.807, 2.05) is 12.1 Å². The standard InChI is InChI=1S/C16H20N2O/c1-18(2)12-13-6-8-15(9-7-13)17-11-14-4-3-5-16(19)10-14/h3-10,17,19H,11-12H2,1-2H3. The number of benzene rings is 2. The number of aromatic hydroxyl groups is 1. The van der Waals surface area contributed by atoms with Crippen LogP contribution >= 0.6 is 0 Å². The second-order valence-corrected chi connectivity index (χ2v) is 4.96. The molecular weight excluding hydrogens is 236 g/mol. The van der Waals surface area contributed by atoms with Gasteiger partial charge in [-0.25, -0.2) is 0 Å². The fourth-order valence-corrected chi connectivity index (χ4v) is 1.96. The Balaban J connectivity index is 1.93. The lowest BCUT2D eigenvalue weighted by molar-refractivity contribution is 0.402. The van der Waals surface area contributed by atoms with Gasteiger partial charge in [-0.2, -0.15) is 0 Å². The van der Waals surface area contributed by atoms with Crippen molar-refractivity contribution >= 4 is 5.69 Å². The van der Waals surface area contributed by atoms with Crippen LogP contribution < -0.4 is 5.32 Å². The molecule has 100 valence electrons. The number of phenolic OH excluding ortho intramolecular Hbond substituents is 1. The lowest BCUT2D eigenvalue weighted by Gasteiger charge is -2.11. The third-order valence-electron chi connectivity index (χ3n) is 2.86. The number of rotatable bonds is 5. The number of anilines is 1. The Kier molecular flexibility index (Phi) is 4.42. The average Bonchev–Trinajstić information content (AvgIpc) is 2.37. The first-order valence-electron chi connectivity index (χ1n) is 6.39. The predicted octanol–water partition coefficient (Wildman–Crippen LogP) is 3.07. The van der Waals surface area contributed by atoms with E-state index in [1.165, 1.54) is 5.56 Å². The topological polar surface area (TPSA) is 35.5 Å². The summed E-state index contributed by atoms with van der Waals surface area (Å²) in [6.45, 7) is 1.66. The monoisotopic (exact) mass is 256 g/mol. The lowest BCUT2D eigenvalue weighted by atomic mass is 10.2. The van der Waals surface area contributed by atoms with Gasteiger partial charge >= 0.3 is 0 Å². The summed E-state index contributed by atoms with van der Waals surface area (Å²) in [6.07, 6.45) is 0. The maximum absolute atomic E-state index is 9.40. The SMILES string of the molecule is CN(C)Cc1ccc(NCc2cccc(O)c2)cc1. The largest absolute Gasteiger partial charge is 0.508 e. The van der Waals surface area contributed by atoms with Crippen LogP contribution in [0.1, 0.15) is 11.1 Å². The van der Waals surface area contributed by atoms with Gasteiger partial charge in [-0.15, -0.1) is 0 Å². The van der Waals surface area contributed by atoms with Crippen LogP contribution in [0.25, 0.3) is 0 Å². The summed E-state index contributed by atoms with van der Waals surface area (Å²) in [7, 11) is 4.13. The first-order chi connectivity index (χ1) is 9.13. The summed E-state index contributed by atoms with van der Waals surface area (Å²) in [5, 5.41) is 12.7. The maximum atomic E-state index is 9.40. The molecule has 0 unspecified atom stereocenters. The van der Waals surface area contributed by atoms with Gasteiger partial charge in [0, 0.05) is 18.8 Å². The van der Waals surface area contributed by atoms with E-state index in [4.69, 9.17) is 0 Å². The predicted molar refractivity (Wildman–Crippen MR) is 79.3 cm³/mol.